The van der Waals surface area contributed by atoms with Crippen LogP contribution in [0, 0.1) is 35.5 Å². The van der Waals surface area contributed by atoms with E-state index >= 15 is 0 Å². The second-order valence-corrected chi connectivity index (χ2v) is 12.0. The summed E-state index contributed by atoms with van der Waals surface area (Å²) in [6.45, 7) is 6.30. The van der Waals surface area contributed by atoms with Gasteiger partial charge in [0.2, 0.25) is 0 Å². The van der Waals surface area contributed by atoms with Gasteiger partial charge in [-0.15, -0.1) is 6.58 Å². The Balaban J connectivity index is 1.20. The maximum absolute atomic E-state index is 3.98. The molecule has 184 valence electrons. The highest BCUT2D eigenvalue weighted by Crippen LogP contribution is 2.43. The Labute approximate surface area is 202 Å². The molecule has 3 fully saturated rings. The molecule has 0 spiro atoms. The van der Waals surface area contributed by atoms with Gasteiger partial charge in [-0.05, 0) is 99.7 Å². The molecule has 0 heterocycles. The predicted molar refractivity (Wildman–Crippen MR) is 143 cm³/mol. The molecule has 0 aromatic rings. The maximum atomic E-state index is 3.98. The first kappa shape index (κ1) is 26.1. The van der Waals surface area contributed by atoms with E-state index in [2.05, 4.69) is 31.7 Å². The number of unbranched alkanes of at least 4 members (excludes halogenated alkanes) is 5. The smallest absolute Gasteiger partial charge is 0.0233 e. The van der Waals surface area contributed by atoms with E-state index in [0.29, 0.717) is 0 Å². The average Bonchev–Trinajstić information content (AvgIpc) is 2.85. The molecule has 32 heavy (non-hydrogen) atoms. The third kappa shape index (κ3) is 9.38. The topological polar surface area (TPSA) is 0 Å². The van der Waals surface area contributed by atoms with Gasteiger partial charge >= 0.3 is 0 Å². The minimum absolute atomic E-state index is 0.796. The number of allylic oxidation sites excluding steroid dienone is 3. The standard InChI is InChI=1S/C32H56/c1-3-5-6-7-8-9-12-29-19-23-31(24-20-29)32-25-21-30(22-26-32)14-11-10-13-28-17-15-27(4-2)16-18-28/h4,10,13,27-32H,2-3,5-9,11-12,14-26H2,1H3/b13-10+. The molecule has 0 bridgehead atoms. The van der Waals surface area contributed by atoms with Gasteiger partial charge in [0.05, 0.1) is 0 Å². The Kier molecular flexibility index (Phi) is 12.6. The van der Waals surface area contributed by atoms with Gasteiger partial charge in [0.15, 0.2) is 0 Å². The first-order chi connectivity index (χ1) is 15.8. The Bertz CT molecular complexity index is 492. The molecule has 0 N–H and O–H groups in total. The van der Waals surface area contributed by atoms with Crippen molar-refractivity contribution in [1.82, 2.24) is 0 Å². The second-order valence-electron chi connectivity index (χ2n) is 12.0. The minimum Gasteiger partial charge on any atom is -0.103 e. The van der Waals surface area contributed by atoms with Crippen molar-refractivity contribution >= 4 is 0 Å². The molecule has 0 aromatic heterocycles. The molecule has 0 amide bonds. The summed E-state index contributed by atoms with van der Waals surface area (Å²) in [7, 11) is 0. The summed E-state index contributed by atoms with van der Waals surface area (Å²) in [5.74, 6) is 5.92. The van der Waals surface area contributed by atoms with E-state index in [1.807, 2.05) is 0 Å². The summed E-state index contributed by atoms with van der Waals surface area (Å²) in [6, 6.07) is 0. The van der Waals surface area contributed by atoms with Crippen LogP contribution in [0.25, 0.3) is 0 Å². The second kappa shape index (κ2) is 15.4. The molecule has 0 saturated heterocycles. The average molecular weight is 441 g/mol. The first-order valence-corrected chi connectivity index (χ1v) is 15.1. The van der Waals surface area contributed by atoms with E-state index in [0.717, 1.165) is 35.5 Å². The Morgan fingerprint density at radius 2 is 1.12 bits per heavy atom. The van der Waals surface area contributed by atoms with Crippen molar-refractivity contribution in [2.45, 2.75) is 142 Å². The fourth-order valence-electron chi connectivity index (χ4n) is 7.30. The van der Waals surface area contributed by atoms with Gasteiger partial charge in [-0.25, -0.2) is 0 Å². The van der Waals surface area contributed by atoms with Gasteiger partial charge in [-0.3, -0.25) is 0 Å². The van der Waals surface area contributed by atoms with Gasteiger partial charge in [0.1, 0.15) is 0 Å². The lowest BCUT2D eigenvalue weighted by Gasteiger charge is -2.38. The molecule has 3 aliphatic carbocycles. The van der Waals surface area contributed by atoms with Crippen LogP contribution in [0.5, 0.6) is 0 Å². The molecule has 0 radical (unpaired) electrons. The highest BCUT2D eigenvalue weighted by atomic mass is 14.4. The molecule has 3 saturated carbocycles. The van der Waals surface area contributed by atoms with Gasteiger partial charge in [-0.1, -0.05) is 95.8 Å². The minimum atomic E-state index is 0.796. The third-order valence-corrected chi connectivity index (χ3v) is 9.72. The summed E-state index contributed by atoms with van der Waals surface area (Å²) in [6.07, 6.45) is 38.3. The van der Waals surface area contributed by atoms with Crippen LogP contribution in [-0.4, -0.2) is 0 Å². The molecule has 0 aromatic carbocycles. The summed E-state index contributed by atoms with van der Waals surface area (Å²) in [5.41, 5.74) is 0. The van der Waals surface area contributed by atoms with Crippen molar-refractivity contribution in [2.24, 2.45) is 35.5 Å². The lowest BCUT2D eigenvalue weighted by Crippen LogP contribution is -2.25. The van der Waals surface area contributed by atoms with Crippen LogP contribution in [0.4, 0.5) is 0 Å². The maximum Gasteiger partial charge on any atom is -0.0233 e. The molecule has 0 nitrogen and oxygen atoms in total. The van der Waals surface area contributed by atoms with E-state index in [-0.39, 0.29) is 0 Å². The molecule has 0 atom stereocenters. The molecular formula is C32H56. The van der Waals surface area contributed by atoms with Gasteiger partial charge in [-0.2, -0.15) is 0 Å². The van der Waals surface area contributed by atoms with Crippen molar-refractivity contribution in [3.8, 4) is 0 Å². The van der Waals surface area contributed by atoms with Crippen LogP contribution in [-0.2, 0) is 0 Å². The summed E-state index contributed by atoms with van der Waals surface area (Å²) < 4.78 is 0. The van der Waals surface area contributed by atoms with Gasteiger partial charge in [0, 0.05) is 0 Å². The lowest BCUT2D eigenvalue weighted by molar-refractivity contribution is 0.140. The van der Waals surface area contributed by atoms with Crippen LogP contribution in [0.2, 0.25) is 0 Å². The predicted octanol–water partition coefficient (Wildman–Crippen LogP) is 10.7. The van der Waals surface area contributed by atoms with Crippen molar-refractivity contribution in [2.75, 3.05) is 0 Å². The van der Waals surface area contributed by atoms with Gasteiger partial charge in [0.25, 0.3) is 0 Å². The zero-order valence-corrected chi connectivity index (χ0v) is 21.8. The zero-order valence-electron chi connectivity index (χ0n) is 21.8. The molecule has 0 unspecified atom stereocenters. The number of hydrogen-bond acceptors (Lipinski definition) is 0. The normalized spacial score (nSPS) is 34.0. The Morgan fingerprint density at radius 3 is 1.72 bits per heavy atom. The van der Waals surface area contributed by atoms with Crippen molar-refractivity contribution in [1.29, 1.82) is 0 Å². The first-order valence-electron chi connectivity index (χ1n) is 15.1. The van der Waals surface area contributed by atoms with Crippen LogP contribution < -0.4 is 0 Å². The lowest BCUT2D eigenvalue weighted by atomic mass is 9.68. The van der Waals surface area contributed by atoms with Gasteiger partial charge < -0.3 is 0 Å². The fourth-order valence-corrected chi connectivity index (χ4v) is 7.30. The molecule has 3 aliphatic rings. The van der Waals surface area contributed by atoms with Crippen LogP contribution in [0.15, 0.2) is 24.8 Å². The molecule has 0 aliphatic heterocycles. The Hall–Kier alpha value is -0.520. The highest BCUT2D eigenvalue weighted by Gasteiger charge is 2.30. The van der Waals surface area contributed by atoms with Crippen LogP contribution >= 0.6 is 0 Å². The quantitative estimate of drug-likeness (QED) is 0.197. The fraction of sp³-hybridized carbons (Fsp3) is 0.875. The van der Waals surface area contributed by atoms with Crippen LogP contribution in [0.3, 0.4) is 0 Å². The third-order valence-electron chi connectivity index (χ3n) is 9.72. The van der Waals surface area contributed by atoms with E-state index in [9.17, 15) is 0 Å². The highest BCUT2D eigenvalue weighted by molar-refractivity contribution is 4.94. The zero-order chi connectivity index (χ0) is 22.4. The van der Waals surface area contributed by atoms with Crippen molar-refractivity contribution < 1.29 is 0 Å². The monoisotopic (exact) mass is 440 g/mol. The van der Waals surface area contributed by atoms with E-state index in [1.54, 1.807) is 38.5 Å². The number of hydrogen-bond donors (Lipinski definition) is 0. The van der Waals surface area contributed by atoms with Crippen molar-refractivity contribution in [3.05, 3.63) is 24.8 Å². The van der Waals surface area contributed by atoms with Crippen LogP contribution in [0.1, 0.15) is 142 Å². The molecule has 0 heteroatoms. The number of rotatable bonds is 13. The summed E-state index contributed by atoms with van der Waals surface area (Å²) in [5, 5.41) is 0. The van der Waals surface area contributed by atoms with E-state index < -0.39 is 0 Å². The summed E-state index contributed by atoms with van der Waals surface area (Å²) in [4.78, 5) is 0. The van der Waals surface area contributed by atoms with Crippen molar-refractivity contribution in [3.63, 3.8) is 0 Å². The SMILES string of the molecule is C=CC1CCC(/C=C/CCC2CCC(C3CCC(CCCCCCCC)CC3)CC2)CC1. The molecular weight excluding hydrogens is 384 g/mol. The van der Waals surface area contributed by atoms with E-state index in [4.69, 9.17) is 0 Å². The Morgan fingerprint density at radius 1 is 0.594 bits per heavy atom. The largest absolute Gasteiger partial charge is 0.103 e. The summed E-state index contributed by atoms with van der Waals surface area (Å²) >= 11 is 0. The van der Waals surface area contributed by atoms with E-state index in [1.165, 1.54) is 96.3 Å². The molecule has 3 rings (SSSR count).